The maximum atomic E-state index is 11.7. The average Bonchev–Trinajstić information content (AvgIpc) is 2.72. The summed E-state index contributed by atoms with van der Waals surface area (Å²) in [5, 5.41) is 23.2. The number of benzene rings is 2. The Morgan fingerprint density at radius 1 is 1.11 bits per heavy atom. The summed E-state index contributed by atoms with van der Waals surface area (Å²) in [5.74, 6) is -0.522. The molecule has 3 N–H and O–H groups in total. The van der Waals surface area contributed by atoms with Crippen LogP contribution in [0.5, 0.6) is 0 Å². The Morgan fingerprint density at radius 2 is 1.82 bits per heavy atom. The number of carbonyl (C=O) groups excluding carboxylic acids is 2. The highest BCUT2D eigenvalue weighted by Gasteiger charge is 2.21. The Morgan fingerprint density at radius 3 is 2.50 bits per heavy atom. The molecule has 0 fully saturated rings. The number of carbonyl (C=O) groups is 2. The molecule has 2 aromatic carbocycles. The monoisotopic (exact) mass is 387 g/mol. The lowest BCUT2D eigenvalue weighted by molar-refractivity contribution is 0.0132. The van der Waals surface area contributed by atoms with Gasteiger partial charge in [0.1, 0.15) is 12.7 Å². The molecule has 0 aromatic heterocycles. The maximum absolute atomic E-state index is 11.7. The van der Waals surface area contributed by atoms with E-state index < -0.39 is 24.3 Å². The number of aliphatic hydroxyl groups is 2. The zero-order valence-electron chi connectivity index (χ0n) is 15.9. The van der Waals surface area contributed by atoms with E-state index in [0.29, 0.717) is 5.56 Å². The van der Waals surface area contributed by atoms with Crippen molar-refractivity contribution in [1.29, 1.82) is 0 Å². The quantitative estimate of drug-likeness (QED) is 0.601. The molecular formula is C21H25NO6. The van der Waals surface area contributed by atoms with E-state index in [0.717, 1.165) is 11.1 Å². The second-order valence-electron chi connectivity index (χ2n) is 6.35. The van der Waals surface area contributed by atoms with Crippen molar-refractivity contribution >= 4 is 12.1 Å². The summed E-state index contributed by atoms with van der Waals surface area (Å²) in [7, 11) is 1.27. The average molecular weight is 387 g/mol. The molecule has 0 aliphatic carbocycles. The number of aliphatic hydroxyl groups excluding tert-OH is 2. The fourth-order valence-corrected chi connectivity index (χ4v) is 2.67. The summed E-state index contributed by atoms with van der Waals surface area (Å²) in [5.41, 5.74) is 2.32. The summed E-state index contributed by atoms with van der Waals surface area (Å²) in [6.45, 7) is 2.05. The van der Waals surface area contributed by atoms with Crippen molar-refractivity contribution in [3.63, 3.8) is 0 Å². The van der Waals surface area contributed by atoms with Gasteiger partial charge in [0.05, 0.1) is 18.8 Å². The Kier molecular flexibility index (Phi) is 7.98. The zero-order chi connectivity index (χ0) is 20.5. The van der Waals surface area contributed by atoms with Gasteiger partial charge >= 0.3 is 12.1 Å². The molecular weight excluding hydrogens is 362 g/mol. The standard InChI is InChI=1S/C21H25NO6/c1-14-8-9-16(20(25)27-2)12-17(14)19(24)18(23)10-11-22-21(26)28-13-15-6-4-3-5-7-15/h3-9,12,18-19,23-24H,10-11,13H2,1-2H3,(H,22,26). The lowest BCUT2D eigenvalue weighted by Crippen LogP contribution is -2.30. The fraction of sp³-hybridized carbons (Fsp3) is 0.333. The number of amides is 1. The van der Waals surface area contributed by atoms with Crippen LogP contribution in [0.15, 0.2) is 48.5 Å². The van der Waals surface area contributed by atoms with Gasteiger partial charge in [-0.3, -0.25) is 0 Å². The van der Waals surface area contributed by atoms with Crippen LogP contribution in [-0.2, 0) is 16.1 Å². The lowest BCUT2D eigenvalue weighted by atomic mass is 9.96. The smallest absolute Gasteiger partial charge is 0.407 e. The first-order valence-corrected chi connectivity index (χ1v) is 8.92. The molecule has 0 aliphatic rings. The number of hydrogen-bond acceptors (Lipinski definition) is 6. The molecule has 0 aliphatic heterocycles. The summed E-state index contributed by atoms with van der Waals surface area (Å²) in [6, 6.07) is 14.0. The Labute approximate surface area is 163 Å². The topological polar surface area (TPSA) is 105 Å². The SMILES string of the molecule is COC(=O)c1ccc(C)c(C(O)C(O)CCNC(=O)OCc2ccccc2)c1. The molecule has 150 valence electrons. The van der Waals surface area contributed by atoms with E-state index in [1.807, 2.05) is 30.3 Å². The van der Waals surface area contributed by atoms with Crippen LogP contribution in [-0.4, -0.2) is 42.0 Å². The van der Waals surface area contributed by atoms with Crippen molar-refractivity contribution in [3.8, 4) is 0 Å². The minimum atomic E-state index is -1.20. The van der Waals surface area contributed by atoms with Gasteiger partial charge in [-0.25, -0.2) is 9.59 Å². The highest BCUT2D eigenvalue weighted by atomic mass is 16.5. The Hall–Kier alpha value is -2.90. The van der Waals surface area contributed by atoms with Crippen molar-refractivity contribution < 1.29 is 29.3 Å². The van der Waals surface area contributed by atoms with Gasteiger partial charge in [0.25, 0.3) is 0 Å². The minimum absolute atomic E-state index is 0.115. The summed E-state index contributed by atoms with van der Waals surface area (Å²) in [4.78, 5) is 23.4. The van der Waals surface area contributed by atoms with Gasteiger partial charge in [-0.15, -0.1) is 0 Å². The highest BCUT2D eigenvalue weighted by Crippen LogP contribution is 2.24. The number of rotatable bonds is 8. The first kappa shape index (κ1) is 21.4. The highest BCUT2D eigenvalue weighted by molar-refractivity contribution is 5.89. The van der Waals surface area contributed by atoms with Crippen LogP contribution < -0.4 is 5.32 Å². The lowest BCUT2D eigenvalue weighted by Gasteiger charge is -2.20. The van der Waals surface area contributed by atoms with Gasteiger partial charge in [0.15, 0.2) is 0 Å². The van der Waals surface area contributed by atoms with Crippen LogP contribution in [0.1, 0.15) is 39.6 Å². The number of hydrogen-bond donors (Lipinski definition) is 3. The zero-order valence-corrected chi connectivity index (χ0v) is 15.9. The van der Waals surface area contributed by atoms with Gasteiger partial charge in [-0.2, -0.15) is 0 Å². The molecule has 2 atom stereocenters. The molecule has 28 heavy (non-hydrogen) atoms. The van der Waals surface area contributed by atoms with Crippen molar-refractivity contribution in [2.75, 3.05) is 13.7 Å². The molecule has 0 heterocycles. The molecule has 0 saturated carbocycles. The minimum Gasteiger partial charge on any atom is -0.465 e. The predicted octanol–water partition coefficient (Wildman–Crippen LogP) is 2.49. The van der Waals surface area contributed by atoms with Crippen LogP contribution in [0.3, 0.4) is 0 Å². The first-order chi connectivity index (χ1) is 13.4. The van der Waals surface area contributed by atoms with Gasteiger partial charge in [0, 0.05) is 6.54 Å². The number of methoxy groups -OCH3 is 1. The molecule has 7 nitrogen and oxygen atoms in total. The molecule has 2 unspecified atom stereocenters. The van der Waals surface area contributed by atoms with Crippen LogP contribution in [0, 0.1) is 6.92 Å². The van der Waals surface area contributed by atoms with Crippen LogP contribution >= 0.6 is 0 Å². The molecule has 2 rings (SSSR count). The van der Waals surface area contributed by atoms with Crippen molar-refractivity contribution in [1.82, 2.24) is 5.32 Å². The van der Waals surface area contributed by atoms with Gasteiger partial charge in [0.2, 0.25) is 0 Å². The van der Waals surface area contributed by atoms with E-state index in [9.17, 15) is 19.8 Å². The third-order valence-corrected chi connectivity index (χ3v) is 4.31. The molecule has 7 heteroatoms. The Balaban J connectivity index is 1.83. The van der Waals surface area contributed by atoms with Gasteiger partial charge < -0.3 is 25.0 Å². The Bertz CT molecular complexity index is 793. The third kappa shape index (κ3) is 6.07. The van der Waals surface area contributed by atoms with Gasteiger partial charge in [-0.05, 0) is 42.2 Å². The predicted molar refractivity (Wildman–Crippen MR) is 103 cm³/mol. The number of alkyl carbamates (subject to hydrolysis) is 1. The molecule has 2 aromatic rings. The van der Waals surface area contributed by atoms with E-state index >= 15 is 0 Å². The molecule has 0 saturated heterocycles. The second kappa shape index (κ2) is 10.4. The van der Waals surface area contributed by atoms with Crippen LogP contribution in [0.4, 0.5) is 4.79 Å². The van der Waals surface area contributed by atoms with E-state index in [1.54, 1.807) is 19.1 Å². The fourth-order valence-electron chi connectivity index (χ4n) is 2.67. The van der Waals surface area contributed by atoms with E-state index in [4.69, 9.17) is 4.74 Å². The van der Waals surface area contributed by atoms with E-state index in [2.05, 4.69) is 10.1 Å². The summed E-state index contributed by atoms with van der Waals surface area (Å²) in [6.07, 6.45) is -2.81. The van der Waals surface area contributed by atoms with Crippen molar-refractivity contribution in [2.45, 2.75) is 32.2 Å². The first-order valence-electron chi connectivity index (χ1n) is 8.92. The second-order valence-corrected chi connectivity index (χ2v) is 6.35. The number of esters is 1. The molecule has 0 radical (unpaired) electrons. The molecule has 0 spiro atoms. The maximum Gasteiger partial charge on any atom is 0.407 e. The van der Waals surface area contributed by atoms with Crippen LogP contribution in [0.2, 0.25) is 0 Å². The normalized spacial score (nSPS) is 12.7. The summed E-state index contributed by atoms with van der Waals surface area (Å²) >= 11 is 0. The van der Waals surface area contributed by atoms with Crippen molar-refractivity contribution in [2.24, 2.45) is 0 Å². The van der Waals surface area contributed by atoms with E-state index in [1.165, 1.54) is 13.2 Å². The third-order valence-electron chi connectivity index (χ3n) is 4.31. The molecule has 1 amide bonds. The van der Waals surface area contributed by atoms with Crippen LogP contribution in [0.25, 0.3) is 0 Å². The van der Waals surface area contributed by atoms with Crippen molar-refractivity contribution in [3.05, 3.63) is 70.8 Å². The molecule has 0 bridgehead atoms. The number of ether oxygens (including phenoxy) is 2. The van der Waals surface area contributed by atoms with Gasteiger partial charge in [-0.1, -0.05) is 36.4 Å². The van der Waals surface area contributed by atoms with E-state index in [-0.39, 0.29) is 25.1 Å². The number of aryl methyl sites for hydroxylation is 1. The largest absolute Gasteiger partial charge is 0.465 e. The summed E-state index contributed by atoms with van der Waals surface area (Å²) < 4.78 is 9.76. The number of nitrogens with one attached hydrogen (secondary N) is 1.